The Labute approximate surface area is 205 Å². The molecule has 3 aromatic rings. The van der Waals surface area contributed by atoms with Gasteiger partial charge in [0, 0.05) is 31.6 Å². The Balaban J connectivity index is 1.34. The summed E-state index contributed by atoms with van der Waals surface area (Å²) in [6, 6.07) is 18.4. The molecule has 2 N–H and O–H groups in total. The fourth-order valence-electron chi connectivity index (χ4n) is 4.29. The lowest BCUT2D eigenvalue weighted by molar-refractivity contribution is -0.137. The van der Waals surface area contributed by atoms with Crippen LogP contribution in [0, 0.1) is 11.8 Å². The van der Waals surface area contributed by atoms with Gasteiger partial charge in [-0.25, -0.2) is 0 Å². The minimum absolute atomic E-state index is 0.00473. The Morgan fingerprint density at radius 3 is 2.74 bits per heavy atom. The number of nitrogens with one attached hydrogen (secondary N) is 1. The van der Waals surface area contributed by atoms with Gasteiger partial charge in [0.15, 0.2) is 0 Å². The first kappa shape index (κ1) is 23.9. The molecule has 176 valence electrons. The van der Waals surface area contributed by atoms with Crippen LogP contribution in [0.3, 0.4) is 0 Å². The molecule has 1 aromatic heterocycles. The molecule has 4 rings (SSSR count). The number of rotatable bonds is 9. The van der Waals surface area contributed by atoms with E-state index in [9.17, 15) is 4.79 Å². The third-order valence-corrected chi connectivity index (χ3v) is 7.23. The van der Waals surface area contributed by atoms with E-state index in [4.69, 9.17) is 9.84 Å². The van der Waals surface area contributed by atoms with E-state index in [1.54, 1.807) is 6.92 Å². The Morgan fingerprint density at radius 1 is 1.21 bits per heavy atom. The summed E-state index contributed by atoms with van der Waals surface area (Å²) in [5.74, 6) is 5.40. The molecule has 0 saturated heterocycles. The maximum Gasteiger partial charge on any atom is 0.304 e. The summed E-state index contributed by atoms with van der Waals surface area (Å²) >= 11 is 1.87. The SMILES string of the molecule is CC#CC(CC(=O)O)c1ccc(OCc2cccc(CN3CCc4sc(NC)cc4C3)c2)cc1. The minimum atomic E-state index is -0.851. The van der Waals surface area contributed by atoms with Gasteiger partial charge in [0.05, 0.1) is 17.3 Å². The number of thiophene rings is 1. The van der Waals surface area contributed by atoms with Gasteiger partial charge in [-0.15, -0.1) is 17.3 Å². The average Bonchev–Trinajstić information content (AvgIpc) is 3.25. The number of benzene rings is 2. The zero-order chi connectivity index (χ0) is 23.9. The Kier molecular flexibility index (Phi) is 7.89. The van der Waals surface area contributed by atoms with Crippen molar-refractivity contribution in [2.24, 2.45) is 0 Å². The van der Waals surface area contributed by atoms with E-state index in [2.05, 4.69) is 52.4 Å². The van der Waals surface area contributed by atoms with Gasteiger partial charge in [0.2, 0.25) is 0 Å². The van der Waals surface area contributed by atoms with E-state index in [-0.39, 0.29) is 12.3 Å². The predicted molar refractivity (Wildman–Crippen MR) is 137 cm³/mol. The largest absolute Gasteiger partial charge is 0.489 e. The van der Waals surface area contributed by atoms with Crippen molar-refractivity contribution in [3.8, 4) is 17.6 Å². The van der Waals surface area contributed by atoms with Crippen molar-refractivity contribution in [3.05, 3.63) is 81.7 Å². The molecule has 0 radical (unpaired) electrons. The summed E-state index contributed by atoms with van der Waals surface area (Å²) in [5.41, 5.74) is 4.76. The van der Waals surface area contributed by atoms with E-state index in [0.717, 1.165) is 42.9 Å². The topological polar surface area (TPSA) is 61.8 Å². The van der Waals surface area contributed by atoms with Gasteiger partial charge < -0.3 is 15.2 Å². The third kappa shape index (κ3) is 6.19. The van der Waals surface area contributed by atoms with Crippen molar-refractivity contribution >= 4 is 22.3 Å². The second-order valence-electron chi connectivity index (χ2n) is 8.49. The fraction of sp³-hybridized carbons (Fsp3) is 0.321. The first-order valence-corrected chi connectivity index (χ1v) is 12.3. The van der Waals surface area contributed by atoms with Gasteiger partial charge in [-0.1, -0.05) is 42.3 Å². The lowest BCUT2D eigenvalue weighted by Crippen LogP contribution is -2.29. The highest BCUT2D eigenvalue weighted by molar-refractivity contribution is 7.16. The van der Waals surface area contributed by atoms with Crippen molar-refractivity contribution in [1.29, 1.82) is 0 Å². The zero-order valence-corrected chi connectivity index (χ0v) is 20.5. The monoisotopic (exact) mass is 474 g/mol. The van der Waals surface area contributed by atoms with Crippen LogP contribution >= 0.6 is 11.3 Å². The van der Waals surface area contributed by atoms with Gasteiger partial charge in [0.25, 0.3) is 0 Å². The van der Waals surface area contributed by atoms with E-state index < -0.39 is 5.97 Å². The van der Waals surface area contributed by atoms with Crippen LogP contribution < -0.4 is 10.1 Å². The molecule has 2 heterocycles. The summed E-state index contributed by atoms with van der Waals surface area (Å²) < 4.78 is 6.00. The molecular formula is C28H30N2O3S. The van der Waals surface area contributed by atoms with Crippen molar-refractivity contribution in [1.82, 2.24) is 4.90 Å². The predicted octanol–water partition coefficient (Wildman–Crippen LogP) is 5.51. The molecule has 2 aromatic carbocycles. The highest BCUT2D eigenvalue weighted by Gasteiger charge is 2.19. The molecule has 0 bridgehead atoms. The first-order valence-electron chi connectivity index (χ1n) is 11.5. The van der Waals surface area contributed by atoms with E-state index in [1.807, 2.05) is 42.6 Å². The summed E-state index contributed by atoms with van der Waals surface area (Å²) in [6.07, 6.45) is 1.10. The Morgan fingerprint density at radius 2 is 2.00 bits per heavy atom. The maximum absolute atomic E-state index is 11.1. The van der Waals surface area contributed by atoms with Crippen LogP contribution in [0.15, 0.2) is 54.6 Å². The summed E-state index contributed by atoms with van der Waals surface area (Å²) in [5, 5.41) is 13.6. The normalized spacial score (nSPS) is 13.9. The van der Waals surface area contributed by atoms with Gasteiger partial charge in [0.1, 0.15) is 12.4 Å². The van der Waals surface area contributed by atoms with Crippen LogP contribution in [0.4, 0.5) is 5.00 Å². The van der Waals surface area contributed by atoms with Gasteiger partial charge in [-0.05, 0) is 53.8 Å². The number of carbonyl (C=O) groups is 1. The number of carboxylic acid groups (broad SMARTS) is 1. The zero-order valence-electron chi connectivity index (χ0n) is 19.6. The lowest BCUT2D eigenvalue weighted by Gasteiger charge is -2.26. The lowest BCUT2D eigenvalue weighted by atomic mass is 9.96. The summed E-state index contributed by atoms with van der Waals surface area (Å²) in [6.45, 7) is 5.21. The summed E-state index contributed by atoms with van der Waals surface area (Å²) in [4.78, 5) is 15.1. The number of anilines is 1. The fourth-order valence-corrected chi connectivity index (χ4v) is 5.31. The van der Waals surface area contributed by atoms with Crippen LogP contribution in [-0.4, -0.2) is 29.6 Å². The van der Waals surface area contributed by atoms with Crippen molar-refractivity contribution in [2.45, 2.75) is 45.4 Å². The molecule has 0 saturated carbocycles. The van der Waals surface area contributed by atoms with Crippen LogP contribution in [0.25, 0.3) is 0 Å². The van der Waals surface area contributed by atoms with Crippen molar-refractivity contribution in [3.63, 3.8) is 0 Å². The van der Waals surface area contributed by atoms with Crippen molar-refractivity contribution < 1.29 is 14.6 Å². The molecular weight excluding hydrogens is 444 g/mol. The molecule has 34 heavy (non-hydrogen) atoms. The number of nitrogens with zero attached hydrogens (tertiary/aromatic N) is 1. The number of hydrogen-bond acceptors (Lipinski definition) is 5. The molecule has 0 aliphatic carbocycles. The number of carboxylic acids is 1. The first-order chi connectivity index (χ1) is 16.5. The van der Waals surface area contributed by atoms with Gasteiger partial charge in [-0.2, -0.15) is 0 Å². The van der Waals surface area contributed by atoms with Gasteiger partial charge >= 0.3 is 5.97 Å². The minimum Gasteiger partial charge on any atom is -0.489 e. The van der Waals surface area contributed by atoms with Crippen LogP contribution in [0.2, 0.25) is 0 Å². The second-order valence-corrected chi connectivity index (χ2v) is 9.63. The van der Waals surface area contributed by atoms with Crippen LogP contribution in [0.5, 0.6) is 5.75 Å². The molecule has 0 spiro atoms. The molecule has 1 atom stereocenters. The van der Waals surface area contributed by atoms with E-state index in [0.29, 0.717) is 6.61 Å². The Hall–Kier alpha value is -3.27. The third-order valence-electron chi connectivity index (χ3n) is 5.97. The quantitative estimate of drug-likeness (QED) is 0.401. The number of fused-ring (bicyclic) bond motifs is 1. The second kappa shape index (κ2) is 11.2. The maximum atomic E-state index is 11.1. The van der Waals surface area contributed by atoms with E-state index >= 15 is 0 Å². The number of ether oxygens (including phenoxy) is 1. The number of hydrogen-bond donors (Lipinski definition) is 2. The summed E-state index contributed by atoms with van der Waals surface area (Å²) in [7, 11) is 1.98. The average molecular weight is 475 g/mol. The Bertz CT molecular complexity index is 1190. The van der Waals surface area contributed by atoms with Crippen LogP contribution in [-0.2, 0) is 30.9 Å². The molecule has 1 unspecified atom stereocenters. The molecule has 0 amide bonds. The number of aliphatic carboxylic acids is 1. The van der Waals surface area contributed by atoms with Crippen LogP contribution in [0.1, 0.15) is 46.4 Å². The highest BCUT2D eigenvalue weighted by Crippen LogP contribution is 2.32. The van der Waals surface area contributed by atoms with E-state index in [1.165, 1.54) is 21.0 Å². The smallest absolute Gasteiger partial charge is 0.304 e. The molecule has 1 aliphatic heterocycles. The molecule has 0 fully saturated rings. The van der Waals surface area contributed by atoms with Gasteiger partial charge in [-0.3, -0.25) is 9.69 Å². The van der Waals surface area contributed by atoms with Crippen molar-refractivity contribution in [2.75, 3.05) is 18.9 Å². The molecule has 5 nitrogen and oxygen atoms in total. The molecule has 6 heteroatoms. The highest BCUT2D eigenvalue weighted by atomic mass is 32.1. The standard InChI is InChI=1S/C28H30N2O3S/c1-3-5-23(16-28(31)32)22-8-10-25(11-9-22)33-19-21-7-4-6-20(14-21)17-30-13-12-26-24(18-30)15-27(29-2)34-26/h4,6-11,14-15,23,29H,12-13,16-19H2,1-2H3,(H,31,32). The molecule has 1 aliphatic rings.